The minimum atomic E-state index is 0.155. The molecule has 2 fully saturated rings. The Labute approximate surface area is 113 Å². The van der Waals surface area contributed by atoms with Crippen LogP contribution in [0.2, 0.25) is 0 Å². The van der Waals surface area contributed by atoms with Crippen LogP contribution in [-0.2, 0) is 4.74 Å². The summed E-state index contributed by atoms with van der Waals surface area (Å²) in [7, 11) is 2.07. The van der Waals surface area contributed by atoms with Crippen molar-refractivity contribution in [2.75, 3.05) is 20.2 Å². The van der Waals surface area contributed by atoms with Gasteiger partial charge < -0.3 is 10.1 Å². The lowest BCUT2D eigenvalue weighted by Gasteiger charge is -2.35. The van der Waals surface area contributed by atoms with E-state index in [-0.39, 0.29) is 5.60 Å². The third-order valence-electron chi connectivity index (χ3n) is 4.86. The molecule has 0 aromatic rings. The first-order valence-electron chi connectivity index (χ1n) is 8.13. The van der Waals surface area contributed by atoms with E-state index in [0.717, 1.165) is 19.1 Å². The Kier molecular flexibility index (Phi) is 5.97. The van der Waals surface area contributed by atoms with E-state index in [1.54, 1.807) is 0 Å². The Morgan fingerprint density at radius 2 is 1.56 bits per heavy atom. The van der Waals surface area contributed by atoms with Crippen molar-refractivity contribution in [3.63, 3.8) is 0 Å². The summed E-state index contributed by atoms with van der Waals surface area (Å²) in [5, 5.41) is 3.37. The molecule has 0 aromatic carbocycles. The Morgan fingerprint density at radius 3 is 2.17 bits per heavy atom. The van der Waals surface area contributed by atoms with Gasteiger partial charge >= 0.3 is 0 Å². The summed E-state index contributed by atoms with van der Waals surface area (Å²) in [6.45, 7) is 2.06. The maximum atomic E-state index is 6.47. The van der Waals surface area contributed by atoms with Crippen molar-refractivity contribution >= 4 is 0 Å². The molecule has 0 bridgehead atoms. The molecule has 0 spiro atoms. The van der Waals surface area contributed by atoms with Crippen LogP contribution in [0.25, 0.3) is 0 Å². The van der Waals surface area contributed by atoms with Crippen molar-refractivity contribution in [1.82, 2.24) is 5.32 Å². The number of rotatable bonds is 5. The number of hydrogen-bond donors (Lipinski definition) is 1. The van der Waals surface area contributed by atoms with Gasteiger partial charge in [-0.3, -0.25) is 0 Å². The lowest BCUT2D eigenvalue weighted by Crippen LogP contribution is -2.43. The molecular formula is C16H31NO. The molecule has 2 nitrogen and oxygen atoms in total. The molecular weight excluding hydrogens is 222 g/mol. The van der Waals surface area contributed by atoms with Crippen molar-refractivity contribution in [3.05, 3.63) is 0 Å². The highest BCUT2D eigenvalue weighted by Crippen LogP contribution is 2.32. The summed E-state index contributed by atoms with van der Waals surface area (Å²) < 4.78 is 6.47. The summed E-state index contributed by atoms with van der Waals surface area (Å²) in [4.78, 5) is 0. The molecule has 0 unspecified atom stereocenters. The van der Waals surface area contributed by atoms with Gasteiger partial charge in [0.2, 0.25) is 0 Å². The van der Waals surface area contributed by atoms with Crippen LogP contribution in [0.5, 0.6) is 0 Å². The zero-order valence-corrected chi connectivity index (χ0v) is 12.2. The van der Waals surface area contributed by atoms with Crippen LogP contribution in [0.1, 0.15) is 70.6 Å². The van der Waals surface area contributed by atoms with E-state index in [1.165, 1.54) is 70.6 Å². The monoisotopic (exact) mass is 253 g/mol. The maximum absolute atomic E-state index is 6.47. The third kappa shape index (κ3) is 4.24. The summed E-state index contributed by atoms with van der Waals surface area (Å²) in [6, 6.07) is 0. The highest BCUT2D eigenvalue weighted by molar-refractivity contribution is 4.85. The van der Waals surface area contributed by atoms with Crippen LogP contribution < -0.4 is 5.32 Å². The molecule has 0 atom stereocenters. The van der Waals surface area contributed by atoms with E-state index in [2.05, 4.69) is 12.4 Å². The average molecular weight is 253 g/mol. The van der Waals surface area contributed by atoms with Crippen molar-refractivity contribution in [3.8, 4) is 0 Å². The molecule has 1 N–H and O–H groups in total. The van der Waals surface area contributed by atoms with Crippen LogP contribution >= 0.6 is 0 Å². The third-order valence-corrected chi connectivity index (χ3v) is 4.86. The maximum Gasteiger partial charge on any atom is 0.0806 e. The van der Waals surface area contributed by atoms with Gasteiger partial charge in [0.25, 0.3) is 0 Å². The van der Waals surface area contributed by atoms with Crippen molar-refractivity contribution < 1.29 is 4.74 Å². The first-order valence-corrected chi connectivity index (χ1v) is 8.13. The first-order chi connectivity index (χ1) is 8.85. The zero-order valence-electron chi connectivity index (χ0n) is 12.2. The molecule has 0 aliphatic heterocycles. The number of hydrogen-bond acceptors (Lipinski definition) is 2. The molecule has 0 saturated heterocycles. The largest absolute Gasteiger partial charge is 0.373 e. The Balaban J connectivity index is 1.83. The van der Waals surface area contributed by atoms with Gasteiger partial charge in [-0.15, -0.1) is 0 Å². The van der Waals surface area contributed by atoms with Gasteiger partial charge in [0.1, 0.15) is 0 Å². The minimum Gasteiger partial charge on any atom is -0.373 e. The van der Waals surface area contributed by atoms with Crippen LogP contribution in [0.15, 0.2) is 0 Å². The summed E-state index contributed by atoms with van der Waals surface area (Å²) in [5.41, 5.74) is 0.155. The fraction of sp³-hybridized carbons (Fsp3) is 1.00. The smallest absolute Gasteiger partial charge is 0.0806 e. The molecule has 2 saturated carbocycles. The molecule has 106 valence electrons. The van der Waals surface area contributed by atoms with Crippen LogP contribution in [0, 0.1) is 5.92 Å². The lowest BCUT2D eigenvalue weighted by atomic mass is 9.89. The molecule has 2 aliphatic carbocycles. The first kappa shape index (κ1) is 14.3. The van der Waals surface area contributed by atoms with Gasteiger partial charge in [-0.25, -0.2) is 0 Å². The van der Waals surface area contributed by atoms with E-state index in [0.29, 0.717) is 0 Å². The van der Waals surface area contributed by atoms with Crippen LogP contribution in [0.4, 0.5) is 0 Å². The Hall–Kier alpha value is -0.0800. The van der Waals surface area contributed by atoms with Gasteiger partial charge in [0.15, 0.2) is 0 Å². The molecule has 0 radical (unpaired) electrons. The minimum absolute atomic E-state index is 0.155. The average Bonchev–Trinajstić information content (AvgIpc) is 2.64. The van der Waals surface area contributed by atoms with Gasteiger partial charge in [-0.05, 0) is 38.6 Å². The molecule has 2 rings (SSSR count). The molecule has 2 aliphatic rings. The molecule has 0 amide bonds. The second-order valence-electron chi connectivity index (χ2n) is 6.44. The van der Waals surface area contributed by atoms with Gasteiger partial charge in [-0.1, -0.05) is 44.9 Å². The number of likely N-dealkylation sites (N-methyl/N-ethyl adjacent to an activating group) is 1. The molecule has 18 heavy (non-hydrogen) atoms. The highest BCUT2D eigenvalue weighted by Gasteiger charge is 2.32. The second kappa shape index (κ2) is 7.49. The number of ether oxygens (including phenoxy) is 1. The normalized spacial score (nSPS) is 25.8. The van der Waals surface area contributed by atoms with Gasteiger partial charge in [0.05, 0.1) is 12.2 Å². The lowest BCUT2D eigenvalue weighted by molar-refractivity contribution is -0.0722. The SMILES string of the molecule is CNCC1(OCC2CCCCC2)CCCCCC1. The predicted molar refractivity (Wildman–Crippen MR) is 76.9 cm³/mol. The standard InChI is InChI=1S/C16H31NO/c1-17-14-16(11-7-2-3-8-12-16)18-13-15-9-5-4-6-10-15/h15,17H,2-14H2,1H3. The summed E-state index contributed by atoms with van der Waals surface area (Å²) >= 11 is 0. The van der Waals surface area contributed by atoms with Crippen molar-refractivity contribution in [2.24, 2.45) is 5.92 Å². The molecule has 2 heteroatoms. The Bertz CT molecular complexity index is 215. The quantitative estimate of drug-likeness (QED) is 0.750. The van der Waals surface area contributed by atoms with Crippen LogP contribution in [0.3, 0.4) is 0 Å². The van der Waals surface area contributed by atoms with E-state index in [1.807, 2.05) is 0 Å². The van der Waals surface area contributed by atoms with E-state index in [4.69, 9.17) is 4.74 Å². The van der Waals surface area contributed by atoms with E-state index >= 15 is 0 Å². The summed E-state index contributed by atoms with van der Waals surface area (Å²) in [5.74, 6) is 0.843. The second-order valence-corrected chi connectivity index (χ2v) is 6.44. The van der Waals surface area contributed by atoms with Crippen LogP contribution in [-0.4, -0.2) is 25.8 Å². The summed E-state index contributed by atoms with van der Waals surface area (Å²) in [6.07, 6.45) is 15.1. The van der Waals surface area contributed by atoms with Crippen molar-refractivity contribution in [2.45, 2.75) is 76.2 Å². The molecule has 0 heterocycles. The molecule has 0 aromatic heterocycles. The predicted octanol–water partition coefficient (Wildman–Crippen LogP) is 3.90. The topological polar surface area (TPSA) is 21.3 Å². The van der Waals surface area contributed by atoms with E-state index < -0.39 is 0 Å². The zero-order chi connectivity index (χ0) is 12.7. The highest BCUT2D eigenvalue weighted by atomic mass is 16.5. The number of nitrogens with one attached hydrogen (secondary N) is 1. The van der Waals surface area contributed by atoms with E-state index in [9.17, 15) is 0 Å². The van der Waals surface area contributed by atoms with Gasteiger partial charge in [-0.2, -0.15) is 0 Å². The fourth-order valence-electron chi connectivity index (χ4n) is 3.72. The fourth-order valence-corrected chi connectivity index (χ4v) is 3.72. The van der Waals surface area contributed by atoms with Gasteiger partial charge in [0, 0.05) is 6.54 Å². The van der Waals surface area contributed by atoms with Crippen molar-refractivity contribution in [1.29, 1.82) is 0 Å². The Morgan fingerprint density at radius 1 is 0.944 bits per heavy atom.